The zero-order valence-electron chi connectivity index (χ0n) is 16.4. The van der Waals surface area contributed by atoms with Gasteiger partial charge in [-0.2, -0.15) is 0 Å². The molecule has 0 unspecified atom stereocenters. The molecule has 5 aromatic rings. The number of carbonyl (C=O) groups is 2. The van der Waals surface area contributed by atoms with Crippen molar-refractivity contribution >= 4 is 55.4 Å². The van der Waals surface area contributed by atoms with E-state index in [1.807, 2.05) is 31.3 Å². The highest BCUT2D eigenvalue weighted by molar-refractivity contribution is 6.39. The van der Waals surface area contributed by atoms with Gasteiger partial charge in [-0.1, -0.05) is 36.4 Å². The molecule has 30 heavy (non-hydrogen) atoms. The maximum Gasteiger partial charge on any atom is 0.259 e. The molecular weight excluding hydrogens is 376 g/mol. The van der Waals surface area contributed by atoms with Gasteiger partial charge in [-0.05, 0) is 11.6 Å². The number of carbonyl (C=O) groups excluding carboxylic acids is 2. The molecule has 6 heteroatoms. The van der Waals surface area contributed by atoms with Gasteiger partial charge in [0.05, 0.1) is 27.7 Å². The van der Waals surface area contributed by atoms with Crippen LogP contribution >= 0.6 is 0 Å². The molecule has 6 nitrogen and oxygen atoms in total. The van der Waals surface area contributed by atoms with Gasteiger partial charge in [0.2, 0.25) is 0 Å². The van der Waals surface area contributed by atoms with Gasteiger partial charge in [-0.25, -0.2) is 0 Å². The summed E-state index contributed by atoms with van der Waals surface area (Å²) in [6, 6.07) is 14.4. The lowest BCUT2D eigenvalue weighted by atomic mass is 9.96. The first-order valence-corrected chi connectivity index (χ1v) is 10.2. The maximum atomic E-state index is 13.0. The quantitative estimate of drug-likeness (QED) is 0.396. The second-order valence-electron chi connectivity index (χ2n) is 8.20. The van der Waals surface area contributed by atoms with Crippen molar-refractivity contribution in [2.24, 2.45) is 7.05 Å². The third-order valence-electron chi connectivity index (χ3n) is 6.76. The Morgan fingerprint density at radius 2 is 1.57 bits per heavy atom. The number of fused-ring (bicyclic) bond motifs is 10. The summed E-state index contributed by atoms with van der Waals surface area (Å²) in [5.74, 6) is -0.599. The smallest absolute Gasteiger partial charge is 0.259 e. The first-order chi connectivity index (χ1) is 14.7. The van der Waals surface area contributed by atoms with Crippen molar-refractivity contribution in [3.8, 4) is 0 Å². The van der Waals surface area contributed by atoms with Crippen LogP contribution in [0.3, 0.4) is 0 Å². The molecule has 0 atom stereocenters. The lowest BCUT2D eigenvalue weighted by Gasteiger charge is -2.10. The van der Waals surface area contributed by atoms with Crippen molar-refractivity contribution in [2.75, 3.05) is 6.54 Å². The minimum Gasteiger partial charge on any atom is -0.342 e. The van der Waals surface area contributed by atoms with E-state index in [4.69, 9.17) is 0 Å². The number of aryl methyl sites for hydroxylation is 1. The Morgan fingerprint density at radius 3 is 2.40 bits per heavy atom. The molecule has 2 aliphatic heterocycles. The molecule has 3 aromatic carbocycles. The molecule has 0 aliphatic carbocycles. The second-order valence-corrected chi connectivity index (χ2v) is 8.20. The van der Waals surface area contributed by atoms with E-state index in [1.165, 1.54) is 5.56 Å². The van der Waals surface area contributed by atoms with Gasteiger partial charge in [-0.3, -0.25) is 14.9 Å². The highest BCUT2D eigenvalue weighted by Crippen LogP contribution is 2.45. The molecule has 2 N–H and O–H groups in total. The van der Waals surface area contributed by atoms with Crippen molar-refractivity contribution in [2.45, 2.75) is 13.1 Å². The van der Waals surface area contributed by atoms with Crippen LogP contribution in [0.5, 0.6) is 0 Å². The van der Waals surface area contributed by atoms with E-state index in [9.17, 15) is 9.59 Å². The van der Waals surface area contributed by atoms with Crippen LogP contribution in [-0.4, -0.2) is 27.5 Å². The Kier molecular flexibility index (Phi) is 2.85. The highest BCUT2D eigenvalue weighted by Gasteiger charge is 2.36. The molecule has 0 fully saturated rings. The molecule has 0 bridgehead atoms. The summed E-state index contributed by atoms with van der Waals surface area (Å²) in [7, 11) is 2.05. The molecule has 2 amide bonds. The number of nitrogens with zero attached hydrogens (tertiary/aromatic N) is 2. The fourth-order valence-corrected chi connectivity index (χ4v) is 5.62. The first kappa shape index (κ1) is 16.2. The molecular formula is C24H18N4O2. The Hall–Kier alpha value is -3.64. The van der Waals surface area contributed by atoms with Crippen LogP contribution in [0.2, 0.25) is 0 Å². The topological polar surface area (TPSA) is 68.1 Å². The number of imide groups is 1. The van der Waals surface area contributed by atoms with Crippen LogP contribution in [0.25, 0.3) is 43.6 Å². The van der Waals surface area contributed by atoms with Gasteiger partial charge in [-0.15, -0.1) is 0 Å². The normalized spacial score (nSPS) is 16.0. The summed E-state index contributed by atoms with van der Waals surface area (Å²) < 4.78 is 4.52. The van der Waals surface area contributed by atoms with Gasteiger partial charge in [0.1, 0.15) is 0 Å². The van der Waals surface area contributed by atoms with Crippen molar-refractivity contribution in [3.05, 3.63) is 59.2 Å². The molecule has 0 spiro atoms. The van der Waals surface area contributed by atoms with Gasteiger partial charge in [0, 0.05) is 53.7 Å². The van der Waals surface area contributed by atoms with Crippen LogP contribution in [0, 0.1) is 0 Å². The highest BCUT2D eigenvalue weighted by atomic mass is 16.2. The average Bonchev–Trinajstić information content (AvgIpc) is 3.26. The zero-order chi connectivity index (χ0) is 20.1. The van der Waals surface area contributed by atoms with E-state index in [0.717, 1.165) is 63.2 Å². The van der Waals surface area contributed by atoms with E-state index in [-0.39, 0.29) is 11.8 Å². The Bertz CT molecular complexity index is 1620. The fourth-order valence-electron chi connectivity index (χ4n) is 5.62. The van der Waals surface area contributed by atoms with Crippen LogP contribution in [0.1, 0.15) is 26.3 Å². The fraction of sp³-hybridized carbons (Fsp3) is 0.167. The SMILES string of the molecule is Cn1c2ccccc2c2c3c(c4c5cccc6c5n(c4c21)CCNC6)C(=O)NC3=O. The largest absolute Gasteiger partial charge is 0.342 e. The average molecular weight is 394 g/mol. The van der Waals surface area contributed by atoms with E-state index in [2.05, 4.69) is 38.0 Å². The number of amides is 2. The van der Waals surface area contributed by atoms with Gasteiger partial charge in [0.15, 0.2) is 0 Å². The predicted molar refractivity (Wildman–Crippen MR) is 117 cm³/mol. The standard InChI is InChI=1S/C24H18N4O2/c1-27-15-8-3-2-6-13(15)16-18-19(24(30)26-23(18)29)17-14-7-4-5-12-11-25-9-10-28(20(12)14)22(17)21(16)27/h2-8,25H,9-11H2,1H3,(H,26,29,30). The van der Waals surface area contributed by atoms with Crippen molar-refractivity contribution < 1.29 is 9.59 Å². The molecule has 2 aromatic heterocycles. The van der Waals surface area contributed by atoms with Gasteiger partial charge < -0.3 is 14.5 Å². The van der Waals surface area contributed by atoms with Gasteiger partial charge in [0.25, 0.3) is 11.8 Å². The van der Waals surface area contributed by atoms with Crippen LogP contribution in [0.15, 0.2) is 42.5 Å². The molecule has 7 rings (SSSR count). The summed E-state index contributed by atoms with van der Waals surface area (Å²) in [6.45, 7) is 2.45. The minimum atomic E-state index is -0.302. The number of benzene rings is 3. The van der Waals surface area contributed by atoms with Crippen LogP contribution in [-0.2, 0) is 20.1 Å². The summed E-state index contributed by atoms with van der Waals surface area (Å²) >= 11 is 0. The number of para-hydroxylation sites is 2. The third kappa shape index (κ3) is 1.70. The summed E-state index contributed by atoms with van der Waals surface area (Å²) in [5.41, 5.74) is 6.51. The van der Waals surface area contributed by atoms with E-state index >= 15 is 0 Å². The Labute approximate surface area is 171 Å². The van der Waals surface area contributed by atoms with Crippen molar-refractivity contribution in [3.63, 3.8) is 0 Å². The number of rotatable bonds is 0. The molecule has 0 saturated heterocycles. The van der Waals surface area contributed by atoms with E-state index < -0.39 is 0 Å². The second kappa shape index (κ2) is 5.29. The zero-order valence-corrected chi connectivity index (χ0v) is 16.4. The monoisotopic (exact) mass is 394 g/mol. The number of hydrogen-bond acceptors (Lipinski definition) is 3. The molecule has 0 radical (unpaired) electrons. The van der Waals surface area contributed by atoms with Crippen molar-refractivity contribution in [1.29, 1.82) is 0 Å². The summed E-state index contributed by atoms with van der Waals surface area (Å²) in [5, 5.41) is 9.88. The molecule has 0 saturated carbocycles. The number of aromatic nitrogens is 2. The third-order valence-corrected chi connectivity index (χ3v) is 6.76. The number of nitrogens with one attached hydrogen (secondary N) is 2. The minimum absolute atomic E-state index is 0.297. The van der Waals surface area contributed by atoms with Crippen LogP contribution in [0.4, 0.5) is 0 Å². The molecule has 146 valence electrons. The van der Waals surface area contributed by atoms with E-state index in [1.54, 1.807) is 0 Å². The Balaban J connectivity index is 1.90. The molecule has 4 heterocycles. The summed E-state index contributed by atoms with van der Waals surface area (Å²) in [4.78, 5) is 26.0. The maximum absolute atomic E-state index is 13.0. The predicted octanol–water partition coefficient (Wildman–Crippen LogP) is 3.43. The summed E-state index contributed by atoms with van der Waals surface area (Å²) in [6.07, 6.45) is 0. The van der Waals surface area contributed by atoms with Gasteiger partial charge >= 0.3 is 0 Å². The van der Waals surface area contributed by atoms with Crippen molar-refractivity contribution in [1.82, 2.24) is 19.8 Å². The lowest BCUT2D eigenvalue weighted by Crippen LogP contribution is -2.20. The first-order valence-electron chi connectivity index (χ1n) is 10.2. The Morgan fingerprint density at radius 1 is 0.833 bits per heavy atom. The molecule has 2 aliphatic rings. The number of hydrogen-bond donors (Lipinski definition) is 2. The van der Waals surface area contributed by atoms with Crippen LogP contribution < -0.4 is 10.6 Å². The lowest BCUT2D eigenvalue weighted by molar-refractivity contribution is 0.0880. The van der Waals surface area contributed by atoms with E-state index in [0.29, 0.717) is 11.1 Å².